The molecular formula is C19H26N4O2. The molecule has 1 aliphatic rings. The predicted molar refractivity (Wildman–Crippen MR) is 98.5 cm³/mol. The lowest BCUT2D eigenvalue weighted by molar-refractivity contribution is 0.130. The smallest absolute Gasteiger partial charge is 0.271 e. The number of aromatic nitrogens is 2. The van der Waals surface area contributed by atoms with Crippen LogP contribution >= 0.6 is 0 Å². The third-order valence-electron chi connectivity index (χ3n) is 4.56. The molecular weight excluding hydrogens is 316 g/mol. The van der Waals surface area contributed by atoms with Crippen LogP contribution < -0.4 is 10.3 Å². The Balaban J connectivity index is 1.48. The molecule has 0 N–H and O–H groups in total. The molecule has 3 rings (SSSR count). The molecule has 2 aromatic rings. The average molecular weight is 342 g/mol. The van der Waals surface area contributed by atoms with Crippen molar-refractivity contribution in [3.8, 4) is 11.6 Å². The molecule has 0 aliphatic carbocycles. The van der Waals surface area contributed by atoms with Gasteiger partial charge in [-0.1, -0.05) is 25.1 Å². The number of rotatable bonds is 7. The number of piperazine rings is 1. The van der Waals surface area contributed by atoms with Crippen molar-refractivity contribution in [2.24, 2.45) is 0 Å². The van der Waals surface area contributed by atoms with Gasteiger partial charge in [0.25, 0.3) is 5.56 Å². The van der Waals surface area contributed by atoms with Gasteiger partial charge in [-0.15, -0.1) is 5.10 Å². The van der Waals surface area contributed by atoms with Crippen molar-refractivity contribution in [1.29, 1.82) is 0 Å². The molecule has 1 aliphatic heterocycles. The molecule has 0 saturated carbocycles. The highest BCUT2D eigenvalue weighted by Gasteiger charge is 2.14. The van der Waals surface area contributed by atoms with Crippen LogP contribution in [0.4, 0.5) is 0 Å². The van der Waals surface area contributed by atoms with Gasteiger partial charge in [0.2, 0.25) is 5.88 Å². The molecule has 134 valence electrons. The summed E-state index contributed by atoms with van der Waals surface area (Å²) in [5.74, 6) is 0.485. The lowest BCUT2D eigenvalue weighted by atomic mass is 10.3. The Hall–Kier alpha value is -2.18. The highest BCUT2D eigenvalue weighted by molar-refractivity contribution is 5.30. The van der Waals surface area contributed by atoms with Crippen LogP contribution in [0.25, 0.3) is 5.69 Å². The van der Waals surface area contributed by atoms with Crippen LogP contribution in [0.15, 0.2) is 47.3 Å². The summed E-state index contributed by atoms with van der Waals surface area (Å²) in [5.41, 5.74) is 0.582. The minimum atomic E-state index is -0.160. The maximum atomic E-state index is 12.0. The fourth-order valence-corrected chi connectivity index (χ4v) is 3.02. The SMILES string of the molecule is CCN1CCN(CCCOc2ccc(=O)n(-c3ccccc3)n2)CC1. The predicted octanol–water partition coefficient (Wildman–Crippen LogP) is 1.64. The summed E-state index contributed by atoms with van der Waals surface area (Å²) in [6.45, 7) is 9.56. The van der Waals surface area contributed by atoms with E-state index in [4.69, 9.17) is 4.74 Å². The highest BCUT2D eigenvalue weighted by Crippen LogP contribution is 2.08. The van der Waals surface area contributed by atoms with E-state index in [9.17, 15) is 4.79 Å². The first-order chi connectivity index (χ1) is 12.3. The van der Waals surface area contributed by atoms with Crippen LogP contribution in [0.1, 0.15) is 13.3 Å². The second-order valence-corrected chi connectivity index (χ2v) is 6.24. The molecule has 0 atom stereocenters. The van der Waals surface area contributed by atoms with Crippen molar-refractivity contribution >= 4 is 0 Å². The molecule has 1 saturated heterocycles. The summed E-state index contributed by atoms with van der Waals surface area (Å²) in [4.78, 5) is 16.9. The number of para-hydroxylation sites is 1. The third-order valence-corrected chi connectivity index (χ3v) is 4.56. The summed E-state index contributed by atoms with van der Waals surface area (Å²) >= 11 is 0. The van der Waals surface area contributed by atoms with Gasteiger partial charge in [-0.05, 0) is 25.1 Å². The topological polar surface area (TPSA) is 50.6 Å². The molecule has 2 heterocycles. The van der Waals surface area contributed by atoms with Crippen LogP contribution in [-0.4, -0.2) is 65.5 Å². The zero-order chi connectivity index (χ0) is 17.5. The zero-order valence-corrected chi connectivity index (χ0v) is 14.8. The van der Waals surface area contributed by atoms with Crippen molar-refractivity contribution in [1.82, 2.24) is 19.6 Å². The number of nitrogens with zero attached hydrogens (tertiary/aromatic N) is 4. The normalized spacial score (nSPS) is 16.0. The van der Waals surface area contributed by atoms with Gasteiger partial charge in [0, 0.05) is 44.9 Å². The lowest BCUT2D eigenvalue weighted by Crippen LogP contribution is -2.46. The minimum absolute atomic E-state index is 0.160. The number of hydrogen-bond acceptors (Lipinski definition) is 5. The van der Waals surface area contributed by atoms with Crippen molar-refractivity contribution in [2.75, 3.05) is 45.9 Å². The Labute approximate surface area is 148 Å². The Morgan fingerprint density at radius 3 is 2.44 bits per heavy atom. The van der Waals surface area contributed by atoms with Crippen molar-refractivity contribution < 1.29 is 4.74 Å². The summed E-state index contributed by atoms with van der Waals surface area (Å²) in [5, 5.41) is 4.31. The van der Waals surface area contributed by atoms with Gasteiger partial charge in [0.15, 0.2) is 0 Å². The van der Waals surface area contributed by atoms with Gasteiger partial charge in [-0.3, -0.25) is 4.79 Å². The largest absolute Gasteiger partial charge is 0.477 e. The maximum absolute atomic E-state index is 12.0. The van der Waals surface area contributed by atoms with Gasteiger partial charge in [-0.2, -0.15) is 4.68 Å². The van der Waals surface area contributed by atoms with E-state index in [-0.39, 0.29) is 5.56 Å². The van der Waals surface area contributed by atoms with Crippen LogP contribution in [0, 0.1) is 0 Å². The Morgan fingerprint density at radius 2 is 1.72 bits per heavy atom. The van der Waals surface area contributed by atoms with Crippen molar-refractivity contribution in [2.45, 2.75) is 13.3 Å². The van der Waals surface area contributed by atoms with Gasteiger partial charge in [0.1, 0.15) is 0 Å². The number of hydrogen-bond donors (Lipinski definition) is 0. The van der Waals surface area contributed by atoms with E-state index in [0.717, 1.165) is 51.4 Å². The summed E-state index contributed by atoms with van der Waals surface area (Å²) in [6, 6.07) is 12.5. The minimum Gasteiger partial charge on any atom is -0.477 e. The molecule has 0 amide bonds. The quantitative estimate of drug-likeness (QED) is 0.716. The maximum Gasteiger partial charge on any atom is 0.271 e. The van der Waals surface area contributed by atoms with E-state index in [2.05, 4.69) is 21.8 Å². The molecule has 1 aromatic heterocycles. The standard InChI is InChI=1S/C19H26N4O2/c1-2-21-12-14-22(15-13-21)11-6-16-25-18-9-10-19(24)23(20-18)17-7-4-3-5-8-17/h3-5,7-10H,2,6,11-16H2,1H3. The van der Waals surface area contributed by atoms with Crippen molar-refractivity contribution in [3.63, 3.8) is 0 Å². The second kappa shape index (κ2) is 8.78. The molecule has 1 fully saturated rings. The monoisotopic (exact) mass is 342 g/mol. The van der Waals surface area contributed by atoms with E-state index in [1.807, 2.05) is 30.3 Å². The van der Waals surface area contributed by atoms with Crippen LogP contribution in [0.3, 0.4) is 0 Å². The molecule has 0 spiro atoms. The van der Waals surface area contributed by atoms with E-state index in [0.29, 0.717) is 12.5 Å². The van der Waals surface area contributed by atoms with E-state index in [1.54, 1.807) is 6.07 Å². The highest BCUT2D eigenvalue weighted by atomic mass is 16.5. The second-order valence-electron chi connectivity index (χ2n) is 6.24. The average Bonchev–Trinajstić information content (AvgIpc) is 2.67. The van der Waals surface area contributed by atoms with Gasteiger partial charge in [-0.25, -0.2) is 0 Å². The van der Waals surface area contributed by atoms with E-state index in [1.165, 1.54) is 10.7 Å². The Kier molecular flexibility index (Phi) is 6.19. The van der Waals surface area contributed by atoms with Crippen LogP contribution in [0.5, 0.6) is 5.88 Å². The number of likely N-dealkylation sites (N-methyl/N-ethyl adjacent to an activating group) is 1. The van der Waals surface area contributed by atoms with Gasteiger partial charge < -0.3 is 14.5 Å². The van der Waals surface area contributed by atoms with Crippen molar-refractivity contribution in [3.05, 3.63) is 52.8 Å². The third kappa shape index (κ3) is 4.90. The van der Waals surface area contributed by atoms with Crippen LogP contribution in [-0.2, 0) is 0 Å². The zero-order valence-electron chi connectivity index (χ0n) is 14.8. The first-order valence-electron chi connectivity index (χ1n) is 8.99. The fraction of sp³-hybridized carbons (Fsp3) is 0.474. The lowest BCUT2D eigenvalue weighted by Gasteiger charge is -2.33. The molecule has 6 nitrogen and oxygen atoms in total. The van der Waals surface area contributed by atoms with Gasteiger partial charge in [0.05, 0.1) is 12.3 Å². The molecule has 0 bridgehead atoms. The molecule has 6 heteroatoms. The molecule has 0 unspecified atom stereocenters. The van der Waals surface area contributed by atoms with Gasteiger partial charge >= 0.3 is 0 Å². The summed E-state index contributed by atoms with van der Waals surface area (Å²) in [7, 11) is 0. The first kappa shape index (κ1) is 17.6. The molecule has 0 radical (unpaired) electrons. The van der Waals surface area contributed by atoms with E-state index >= 15 is 0 Å². The molecule has 25 heavy (non-hydrogen) atoms. The molecule has 1 aromatic carbocycles. The Morgan fingerprint density at radius 1 is 1.00 bits per heavy atom. The summed E-state index contributed by atoms with van der Waals surface area (Å²) < 4.78 is 7.12. The van der Waals surface area contributed by atoms with Crippen LogP contribution in [0.2, 0.25) is 0 Å². The summed E-state index contributed by atoms with van der Waals surface area (Å²) in [6.07, 6.45) is 0.957. The Bertz CT molecular complexity index is 709. The number of ether oxygens (including phenoxy) is 1. The van der Waals surface area contributed by atoms with E-state index < -0.39 is 0 Å². The fourth-order valence-electron chi connectivity index (χ4n) is 3.02. The first-order valence-corrected chi connectivity index (χ1v) is 8.99. The number of benzene rings is 1.